The molecule has 0 amide bonds. The van der Waals surface area contributed by atoms with Crippen molar-refractivity contribution in [1.29, 1.82) is 0 Å². The zero-order valence-corrected chi connectivity index (χ0v) is 12.8. The van der Waals surface area contributed by atoms with Gasteiger partial charge in [-0.2, -0.15) is 8.42 Å². The largest absolute Gasteiger partial charge is 0.334 e. The van der Waals surface area contributed by atoms with Gasteiger partial charge in [-0.1, -0.05) is 0 Å². The first kappa shape index (κ1) is 14.5. The molecule has 2 aromatic rings. The molecule has 6 nitrogen and oxygen atoms in total. The summed E-state index contributed by atoms with van der Waals surface area (Å²) in [6.45, 7) is 8.00. The van der Waals surface area contributed by atoms with Crippen LogP contribution in [0.4, 0.5) is 5.69 Å². The maximum atomic E-state index is 12.4. The Hall–Kier alpha value is -1.89. The molecule has 2 heterocycles. The number of nitrogens with one attached hydrogen (secondary N) is 1. The van der Waals surface area contributed by atoms with Crippen molar-refractivity contribution in [3.63, 3.8) is 0 Å². The van der Waals surface area contributed by atoms with Crippen molar-refractivity contribution in [2.75, 3.05) is 4.72 Å². The lowest BCUT2D eigenvalue weighted by Crippen LogP contribution is -2.15. The number of nitrogens with zero attached hydrogens (tertiary/aromatic N) is 3. The molecule has 0 fully saturated rings. The van der Waals surface area contributed by atoms with Gasteiger partial charge in [-0.25, -0.2) is 4.98 Å². The summed E-state index contributed by atoms with van der Waals surface area (Å²) in [5.74, 6) is 0.674. The van der Waals surface area contributed by atoms with E-state index in [0.717, 1.165) is 5.56 Å². The monoisotopic (exact) mass is 294 g/mol. The minimum absolute atomic E-state index is 0.0273. The van der Waals surface area contributed by atoms with E-state index in [2.05, 4.69) is 14.7 Å². The van der Waals surface area contributed by atoms with Crippen LogP contribution < -0.4 is 4.72 Å². The molecule has 0 unspecified atom stereocenters. The van der Waals surface area contributed by atoms with Crippen molar-refractivity contribution in [2.45, 2.75) is 39.3 Å². The summed E-state index contributed by atoms with van der Waals surface area (Å²) in [5, 5.41) is 0.0273. The Morgan fingerprint density at radius 1 is 1.30 bits per heavy atom. The third-order valence-corrected chi connectivity index (χ3v) is 4.38. The molecule has 0 aliphatic carbocycles. The number of sulfonamides is 1. The third kappa shape index (κ3) is 2.67. The van der Waals surface area contributed by atoms with Gasteiger partial charge in [-0.3, -0.25) is 9.71 Å². The standard InChI is InChI=1S/C13H18N4O2S/c1-5-17-8-12(15-11(17)4)20(18,19)16-13-9(2)6-7-14-10(13)3/h6-8,16H,5H2,1-4H3. The van der Waals surface area contributed by atoms with Gasteiger partial charge in [0.15, 0.2) is 5.03 Å². The van der Waals surface area contributed by atoms with Gasteiger partial charge in [0, 0.05) is 18.9 Å². The second-order valence-corrected chi connectivity index (χ2v) is 6.24. The normalized spacial score (nSPS) is 11.6. The molecule has 20 heavy (non-hydrogen) atoms. The SMILES string of the molecule is CCn1cc(S(=O)(=O)Nc2c(C)ccnc2C)nc1C. The Labute approximate surface area is 118 Å². The number of hydrogen-bond donors (Lipinski definition) is 1. The highest BCUT2D eigenvalue weighted by Crippen LogP contribution is 2.21. The molecular formula is C13H18N4O2S. The number of rotatable bonds is 4. The molecule has 1 N–H and O–H groups in total. The lowest BCUT2D eigenvalue weighted by atomic mass is 10.2. The van der Waals surface area contributed by atoms with E-state index in [1.807, 2.05) is 13.8 Å². The minimum atomic E-state index is -3.69. The first-order valence-electron chi connectivity index (χ1n) is 6.34. The lowest BCUT2D eigenvalue weighted by molar-refractivity contribution is 0.597. The van der Waals surface area contributed by atoms with E-state index in [1.54, 1.807) is 36.9 Å². The van der Waals surface area contributed by atoms with Gasteiger partial charge in [0.1, 0.15) is 5.82 Å². The number of pyridine rings is 1. The third-order valence-electron chi connectivity index (χ3n) is 3.16. The van der Waals surface area contributed by atoms with Gasteiger partial charge < -0.3 is 4.57 Å². The van der Waals surface area contributed by atoms with Crippen molar-refractivity contribution in [1.82, 2.24) is 14.5 Å². The van der Waals surface area contributed by atoms with Crippen LogP contribution in [0.3, 0.4) is 0 Å². The van der Waals surface area contributed by atoms with Gasteiger partial charge >= 0.3 is 0 Å². The summed E-state index contributed by atoms with van der Waals surface area (Å²) in [7, 11) is -3.69. The number of anilines is 1. The van der Waals surface area contributed by atoms with E-state index in [9.17, 15) is 8.42 Å². The summed E-state index contributed by atoms with van der Waals surface area (Å²) in [5.41, 5.74) is 1.98. The maximum absolute atomic E-state index is 12.4. The quantitative estimate of drug-likeness (QED) is 0.936. The van der Waals surface area contributed by atoms with Crippen LogP contribution in [0, 0.1) is 20.8 Å². The van der Waals surface area contributed by atoms with Crippen molar-refractivity contribution in [3.8, 4) is 0 Å². The van der Waals surface area contributed by atoms with E-state index < -0.39 is 10.0 Å². The Morgan fingerprint density at radius 3 is 2.55 bits per heavy atom. The number of aryl methyl sites for hydroxylation is 4. The Morgan fingerprint density at radius 2 is 2.00 bits per heavy atom. The average molecular weight is 294 g/mol. The van der Waals surface area contributed by atoms with Gasteiger partial charge in [0.05, 0.1) is 11.4 Å². The fraction of sp³-hybridized carbons (Fsp3) is 0.385. The second kappa shape index (κ2) is 5.24. The fourth-order valence-corrected chi connectivity index (χ4v) is 3.16. The molecule has 2 rings (SSSR count). The van der Waals surface area contributed by atoms with Crippen LogP contribution in [0.15, 0.2) is 23.5 Å². The van der Waals surface area contributed by atoms with Crippen LogP contribution in [0.2, 0.25) is 0 Å². The van der Waals surface area contributed by atoms with Gasteiger partial charge in [0.25, 0.3) is 10.0 Å². The predicted octanol–water partition coefficient (Wildman–Crippen LogP) is 2.02. The zero-order valence-electron chi connectivity index (χ0n) is 12.0. The maximum Gasteiger partial charge on any atom is 0.281 e. The summed E-state index contributed by atoms with van der Waals surface area (Å²) in [4.78, 5) is 8.20. The average Bonchev–Trinajstić information content (AvgIpc) is 2.76. The topological polar surface area (TPSA) is 76.9 Å². The molecule has 0 aromatic carbocycles. The number of imidazole rings is 1. The smallest absolute Gasteiger partial charge is 0.281 e. The first-order chi connectivity index (χ1) is 9.35. The Kier molecular flexibility index (Phi) is 3.80. The first-order valence-corrected chi connectivity index (χ1v) is 7.82. The number of aromatic nitrogens is 3. The second-order valence-electron chi connectivity index (χ2n) is 4.61. The molecule has 0 spiro atoms. The molecule has 0 bridgehead atoms. The molecule has 0 saturated carbocycles. The van der Waals surface area contributed by atoms with Crippen LogP contribution >= 0.6 is 0 Å². The highest BCUT2D eigenvalue weighted by atomic mass is 32.2. The van der Waals surface area contributed by atoms with E-state index in [4.69, 9.17) is 0 Å². The zero-order chi connectivity index (χ0) is 14.9. The minimum Gasteiger partial charge on any atom is -0.334 e. The molecule has 0 saturated heterocycles. The van der Waals surface area contributed by atoms with Crippen molar-refractivity contribution in [3.05, 3.63) is 35.5 Å². The Bertz CT molecular complexity index is 715. The summed E-state index contributed by atoms with van der Waals surface area (Å²) >= 11 is 0. The lowest BCUT2D eigenvalue weighted by Gasteiger charge is -2.10. The van der Waals surface area contributed by atoms with Crippen LogP contribution in [0.1, 0.15) is 24.0 Å². The summed E-state index contributed by atoms with van der Waals surface area (Å²) in [6.07, 6.45) is 3.19. The van der Waals surface area contributed by atoms with E-state index >= 15 is 0 Å². The van der Waals surface area contributed by atoms with E-state index in [0.29, 0.717) is 23.8 Å². The van der Waals surface area contributed by atoms with Crippen LogP contribution in [-0.2, 0) is 16.6 Å². The molecule has 108 valence electrons. The molecule has 2 aromatic heterocycles. The van der Waals surface area contributed by atoms with E-state index in [1.165, 1.54) is 0 Å². The molecule has 0 atom stereocenters. The fourth-order valence-electron chi connectivity index (χ4n) is 1.96. The van der Waals surface area contributed by atoms with Gasteiger partial charge in [-0.05, 0) is 39.3 Å². The van der Waals surface area contributed by atoms with Crippen LogP contribution in [-0.4, -0.2) is 23.0 Å². The summed E-state index contributed by atoms with van der Waals surface area (Å²) in [6, 6.07) is 1.76. The van der Waals surface area contributed by atoms with E-state index in [-0.39, 0.29) is 5.03 Å². The van der Waals surface area contributed by atoms with Crippen molar-refractivity contribution >= 4 is 15.7 Å². The number of hydrogen-bond acceptors (Lipinski definition) is 4. The van der Waals surface area contributed by atoms with Crippen molar-refractivity contribution < 1.29 is 8.42 Å². The summed E-state index contributed by atoms with van der Waals surface area (Å²) < 4.78 is 29.1. The molecule has 0 aliphatic rings. The van der Waals surface area contributed by atoms with Crippen LogP contribution in [0.25, 0.3) is 0 Å². The van der Waals surface area contributed by atoms with Gasteiger partial charge in [-0.15, -0.1) is 0 Å². The molecule has 7 heteroatoms. The van der Waals surface area contributed by atoms with Crippen LogP contribution in [0.5, 0.6) is 0 Å². The molecule has 0 radical (unpaired) electrons. The highest BCUT2D eigenvalue weighted by Gasteiger charge is 2.20. The van der Waals surface area contributed by atoms with Crippen molar-refractivity contribution in [2.24, 2.45) is 0 Å². The van der Waals surface area contributed by atoms with Gasteiger partial charge in [0.2, 0.25) is 0 Å². The Balaban J connectivity index is 2.41. The molecule has 0 aliphatic heterocycles. The predicted molar refractivity (Wildman–Crippen MR) is 77.2 cm³/mol. The highest BCUT2D eigenvalue weighted by molar-refractivity contribution is 7.92. The molecular weight excluding hydrogens is 276 g/mol.